The van der Waals surface area contributed by atoms with Crippen LogP contribution in [0.1, 0.15) is 16.1 Å². The zero-order chi connectivity index (χ0) is 14.2. The number of pyridine rings is 1. The summed E-state index contributed by atoms with van der Waals surface area (Å²) in [6, 6.07) is 2.74. The molecular weight excluding hydrogens is 322 g/mol. The zero-order valence-corrected chi connectivity index (χ0v) is 11.0. The number of carbonyl (C=O) groups is 1. The Hall–Kier alpha value is -2.36. The maximum atomic E-state index is 10.9. The van der Waals surface area contributed by atoms with Gasteiger partial charge in [0, 0.05) is 21.0 Å². The van der Waals surface area contributed by atoms with Gasteiger partial charge in [0.25, 0.3) is 4.73 Å². The van der Waals surface area contributed by atoms with Crippen LogP contribution in [-0.2, 0) is 0 Å². The van der Waals surface area contributed by atoms with Gasteiger partial charge < -0.3 is 15.2 Å². The van der Waals surface area contributed by atoms with Gasteiger partial charge in [0.05, 0.1) is 11.3 Å². The lowest BCUT2D eigenvalue weighted by Crippen LogP contribution is -2.06. The smallest absolute Gasteiger partial charge is 0.478 e. The van der Waals surface area contributed by atoms with Crippen molar-refractivity contribution in [2.45, 2.75) is 6.92 Å². The largest absolute Gasteiger partial charge is 0.492 e. The number of hydrogen-bond donors (Lipinski definition) is 1. The van der Waals surface area contributed by atoms with Gasteiger partial charge in [-0.3, -0.25) is 0 Å². The highest BCUT2D eigenvalue weighted by Gasteiger charge is 2.22. The fourth-order valence-electron chi connectivity index (χ4n) is 1.40. The Morgan fingerprint density at radius 2 is 2.16 bits per heavy atom. The Morgan fingerprint density at radius 1 is 1.47 bits per heavy atom. The summed E-state index contributed by atoms with van der Waals surface area (Å²) in [6.07, 6.45) is 0. The highest BCUT2D eigenvalue weighted by atomic mass is 79.9. The highest BCUT2D eigenvalue weighted by Crippen LogP contribution is 2.17. The summed E-state index contributed by atoms with van der Waals surface area (Å²) in [6.45, 7) is 1.52. The first kappa shape index (κ1) is 13.1. The number of rotatable bonds is 3. The van der Waals surface area contributed by atoms with E-state index in [2.05, 4.69) is 31.0 Å². The van der Waals surface area contributed by atoms with Crippen LogP contribution in [0.4, 0.5) is 5.95 Å². The second kappa shape index (κ2) is 4.72. The van der Waals surface area contributed by atoms with Crippen molar-refractivity contribution in [2.75, 3.05) is 0 Å². The minimum Gasteiger partial charge on any atom is -0.478 e. The van der Waals surface area contributed by atoms with Crippen LogP contribution in [0.2, 0.25) is 0 Å². The molecule has 0 spiro atoms. The van der Waals surface area contributed by atoms with Crippen molar-refractivity contribution in [2.24, 2.45) is 0 Å². The van der Waals surface area contributed by atoms with Crippen LogP contribution >= 0.6 is 15.9 Å². The molecule has 2 rings (SSSR count). The Kier molecular flexibility index (Phi) is 3.25. The molecule has 9 nitrogen and oxygen atoms in total. The van der Waals surface area contributed by atoms with Gasteiger partial charge in [-0.15, -0.1) is 4.68 Å². The van der Waals surface area contributed by atoms with Crippen LogP contribution in [0.25, 0.3) is 5.82 Å². The van der Waals surface area contributed by atoms with E-state index in [0.717, 1.165) is 4.68 Å². The van der Waals surface area contributed by atoms with Crippen LogP contribution in [0, 0.1) is 17.0 Å². The molecule has 0 amide bonds. The molecule has 98 valence electrons. The molecule has 0 bridgehead atoms. The Bertz CT molecular complexity index is 683. The van der Waals surface area contributed by atoms with E-state index in [1.165, 1.54) is 19.1 Å². The predicted molar refractivity (Wildman–Crippen MR) is 65.2 cm³/mol. The second-order valence-electron chi connectivity index (χ2n) is 3.46. The lowest BCUT2D eigenvalue weighted by molar-refractivity contribution is -0.394. The van der Waals surface area contributed by atoms with Gasteiger partial charge in [0.15, 0.2) is 5.82 Å². The van der Waals surface area contributed by atoms with E-state index in [9.17, 15) is 14.9 Å². The van der Waals surface area contributed by atoms with E-state index in [-0.39, 0.29) is 21.8 Å². The molecule has 1 N–H and O–H groups in total. The normalized spacial score (nSPS) is 10.4. The van der Waals surface area contributed by atoms with Gasteiger partial charge in [-0.2, -0.15) is 0 Å². The van der Waals surface area contributed by atoms with Crippen molar-refractivity contribution in [3.05, 3.63) is 38.2 Å². The van der Waals surface area contributed by atoms with Gasteiger partial charge in [0.1, 0.15) is 0 Å². The maximum absolute atomic E-state index is 10.9. The second-order valence-corrected chi connectivity index (χ2v) is 4.17. The summed E-state index contributed by atoms with van der Waals surface area (Å²) in [5.74, 6) is -1.44. The molecule has 19 heavy (non-hydrogen) atoms. The van der Waals surface area contributed by atoms with Gasteiger partial charge in [0.2, 0.25) is 0 Å². The summed E-state index contributed by atoms with van der Waals surface area (Å²) in [4.78, 5) is 28.3. The Morgan fingerprint density at radius 3 is 2.63 bits per heavy atom. The highest BCUT2D eigenvalue weighted by molar-refractivity contribution is 9.10. The van der Waals surface area contributed by atoms with E-state index in [0.29, 0.717) is 0 Å². The molecule has 0 unspecified atom stereocenters. The molecule has 10 heteroatoms. The predicted octanol–water partition coefficient (Wildman–Crippen LogP) is 1.34. The van der Waals surface area contributed by atoms with Gasteiger partial charge in [-0.1, -0.05) is 0 Å². The van der Waals surface area contributed by atoms with E-state index in [4.69, 9.17) is 5.11 Å². The Labute approximate surface area is 114 Å². The van der Waals surface area contributed by atoms with E-state index >= 15 is 0 Å². The summed E-state index contributed by atoms with van der Waals surface area (Å²) in [5.41, 5.74) is 0.324. The summed E-state index contributed by atoms with van der Waals surface area (Å²) < 4.78 is 1.21. The quantitative estimate of drug-likeness (QED) is 0.666. The molecule has 2 heterocycles. The zero-order valence-electron chi connectivity index (χ0n) is 9.44. The first-order valence-electron chi connectivity index (χ1n) is 4.88. The third-order valence-corrected chi connectivity index (χ3v) is 2.75. The fourth-order valence-corrected chi connectivity index (χ4v) is 1.82. The number of hydrogen-bond acceptors (Lipinski definition) is 6. The van der Waals surface area contributed by atoms with Gasteiger partial charge >= 0.3 is 11.9 Å². The number of nitrogens with zero attached hydrogens (tertiary/aromatic N) is 5. The van der Waals surface area contributed by atoms with Crippen molar-refractivity contribution < 1.29 is 14.8 Å². The topological polar surface area (TPSA) is 124 Å². The molecule has 0 saturated carbocycles. The fraction of sp³-hybridized carbons (Fsp3) is 0.111. The van der Waals surface area contributed by atoms with Crippen LogP contribution < -0.4 is 0 Å². The van der Waals surface area contributed by atoms with Crippen molar-refractivity contribution >= 4 is 27.8 Å². The maximum Gasteiger partial charge on any atom is 0.492 e. The van der Waals surface area contributed by atoms with Crippen LogP contribution in [0.3, 0.4) is 0 Å². The van der Waals surface area contributed by atoms with E-state index in [1.54, 1.807) is 0 Å². The first-order chi connectivity index (χ1) is 8.90. The average Bonchev–Trinajstić information content (AvgIpc) is 2.71. The number of carboxylic acid groups (broad SMARTS) is 1. The first-order valence-corrected chi connectivity index (χ1v) is 5.67. The average molecular weight is 328 g/mol. The molecule has 0 radical (unpaired) electrons. The third-order valence-electron chi connectivity index (χ3n) is 2.24. The third kappa shape index (κ3) is 2.42. The molecule has 0 aliphatic rings. The number of aryl methyl sites for hydroxylation is 1. The molecule has 0 aliphatic carbocycles. The van der Waals surface area contributed by atoms with E-state index < -0.39 is 16.8 Å². The number of nitro groups is 1. The molecule has 0 fully saturated rings. The number of halogens is 1. The minimum absolute atomic E-state index is 0.0505. The lowest BCUT2D eigenvalue weighted by atomic mass is 10.2. The van der Waals surface area contributed by atoms with Crippen LogP contribution in [0.15, 0.2) is 16.9 Å². The minimum atomic E-state index is -1.10. The SMILES string of the molecule is Cc1nc(-n2nc([N+](=O)[O-])nc2Br)ccc1C(=O)O. The lowest BCUT2D eigenvalue weighted by Gasteiger charge is -2.02. The standard InChI is InChI=1S/C9H6BrN5O4/c1-4-5(7(16)17)2-3-6(11-4)14-8(10)12-9(13-14)15(18)19/h2-3H,1H3,(H,16,17). The van der Waals surface area contributed by atoms with Gasteiger partial charge in [-0.05, 0) is 29.0 Å². The van der Waals surface area contributed by atoms with Crippen molar-refractivity contribution in [1.82, 2.24) is 19.7 Å². The number of aromatic carboxylic acids is 1. The molecule has 2 aromatic heterocycles. The monoisotopic (exact) mass is 327 g/mol. The molecule has 2 aromatic rings. The molecule has 0 aliphatic heterocycles. The number of aromatic nitrogens is 4. The molecule has 0 saturated heterocycles. The number of carboxylic acids is 1. The van der Waals surface area contributed by atoms with Crippen LogP contribution in [0.5, 0.6) is 0 Å². The van der Waals surface area contributed by atoms with E-state index in [1.807, 2.05) is 0 Å². The summed E-state index contributed by atoms with van der Waals surface area (Å²) in [7, 11) is 0. The van der Waals surface area contributed by atoms with Crippen LogP contribution in [-0.4, -0.2) is 35.7 Å². The summed E-state index contributed by atoms with van der Waals surface area (Å²) in [5, 5.41) is 23.1. The van der Waals surface area contributed by atoms with Crippen molar-refractivity contribution in [1.29, 1.82) is 0 Å². The van der Waals surface area contributed by atoms with Gasteiger partial charge in [-0.25, -0.2) is 9.78 Å². The van der Waals surface area contributed by atoms with Crippen molar-refractivity contribution in [3.63, 3.8) is 0 Å². The molecule has 0 atom stereocenters. The van der Waals surface area contributed by atoms with Crippen molar-refractivity contribution in [3.8, 4) is 5.82 Å². The Balaban J connectivity index is 2.51. The molecular formula is C9H6BrN5O4. The summed E-state index contributed by atoms with van der Waals surface area (Å²) >= 11 is 3.02. The molecule has 0 aromatic carbocycles.